The number of hydrogen-bond donors (Lipinski definition) is 0. The van der Waals surface area contributed by atoms with E-state index in [0.29, 0.717) is 17.1 Å². The zero-order valence-corrected chi connectivity index (χ0v) is 18.6. The number of halogens is 3. The zero-order chi connectivity index (χ0) is 21.4. The third-order valence-electron chi connectivity index (χ3n) is 4.57. The van der Waals surface area contributed by atoms with Crippen molar-refractivity contribution in [3.63, 3.8) is 0 Å². The number of rotatable bonds is 4. The summed E-state index contributed by atoms with van der Waals surface area (Å²) in [5.74, 6) is 0.233. The molecule has 0 atom stereocenters. The van der Waals surface area contributed by atoms with Crippen LogP contribution in [0.15, 0.2) is 55.0 Å². The van der Waals surface area contributed by atoms with Crippen LogP contribution in [0.25, 0.3) is 17.2 Å². The van der Waals surface area contributed by atoms with Gasteiger partial charge in [0.2, 0.25) is 0 Å². The summed E-state index contributed by atoms with van der Waals surface area (Å²) < 4.78 is 39.5. The van der Waals surface area contributed by atoms with Gasteiger partial charge in [-0.3, -0.25) is 20.1 Å². The summed E-state index contributed by atoms with van der Waals surface area (Å²) in [7, 11) is 0. The van der Waals surface area contributed by atoms with Crippen molar-refractivity contribution in [3.05, 3.63) is 84.3 Å². The molecule has 4 aromatic rings. The Bertz CT molecular complexity index is 1170. The number of alkyl halides is 3. The summed E-state index contributed by atoms with van der Waals surface area (Å²) in [6.45, 7) is 3.87. The Morgan fingerprint density at radius 1 is 0.935 bits per heavy atom. The number of pyridine rings is 2. The van der Waals surface area contributed by atoms with Crippen LogP contribution >= 0.6 is 0 Å². The van der Waals surface area contributed by atoms with Gasteiger partial charge in [0, 0.05) is 16.8 Å². The van der Waals surface area contributed by atoms with Gasteiger partial charge in [-0.05, 0) is 26.0 Å². The van der Waals surface area contributed by atoms with E-state index in [9.17, 15) is 13.2 Å². The summed E-state index contributed by atoms with van der Waals surface area (Å²) in [6, 6.07) is 14.4. The molecule has 0 amide bonds. The van der Waals surface area contributed by atoms with E-state index in [0.717, 1.165) is 16.4 Å². The zero-order valence-electron chi connectivity index (χ0n) is 16.3. The van der Waals surface area contributed by atoms with E-state index in [1.807, 2.05) is 32.0 Å². The fourth-order valence-electron chi connectivity index (χ4n) is 2.88. The summed E-state index contributed by atoms with van der Waals surface area (Å²) in [5.41, 5.74) is 0.874. The molecule has 10 heteroatoms. The molecule has 0 unspecified atom stereocenters. The van der Waals surface area contributed by atoms with Gasteiger partial charge in [-0.1, -0.05) is 42.0 Å². The molecule has 0 aromatic carbocycles. The largest absolute Gasteiger partial charge is 2.00 e. The van der Waals surface area contributed by atoms with E-state index < -0.39 is 17.3 Å². The fraction of sp³-hybridized carbons (Fsp3) is 0.190. The van der Waals surface area contributed by atoms with E-state index in [4.69, 9.17) is 0 Å². The quantitative estimate of drug-likeness (QED) is 0.330. The van der Waals surface area contributed by atoms with Gasteiger partial charge in [0.1, 0.15) is 6.33 Å². The molecule has 31 heavy (non-hydrogen) atoms. The van der Waals surface area contributed by atoms with Crippen LogP contribution < -0.4 is 0 Å². The molecule has 4 rings (SSSR count). The molecule has 0 N–H and O–H groups in total. The van der Waals surface area contributed by atoms with E-state index >= 15 is 0 Å². The second kappa shape index (κ2) is 8.67. The molecule has 0 aliphatic rings. The molecule has 0 aliphatic heterocycles. The molecule has 0 fully saturated rings. The first kappa shape index (κ1) is 22.7. The summed E-state index contributed by atoms with van der Waals surface area (Å²) in [6.07, 6.45) is 0.865. The van der Waals surface area contributed by atoms with Crippen LogP contribution in [0.2, 0.25) is 0 Å². The molecule has 0 radical (unpaired) electrons. The Hall–Kier alpha value is -2.93. The Balaban J connectivity index is 0.00000272. The van der Waals surface area contributed by atoms with Crippen molar-refractivity contribution >= 4 is 0 Å². The van der Waals surface area contributed by atoms with Crippen LogP contribution in [-0.2, 0) is 32.7 Å². The van der Waals surface area contributed by atoms with Crippen molar-refractivity contribution in [2.75, 3.05) is 0 Å². The molecule has 160 valence electrons. The Kier molecular flexibility index (Phi) is 6.36. The van der Waals surface area contributed by atoms with Crippen molar-refractivity contribution in [2.24, 2.45) is 0 Å². The van der Waals surface area contributed by atoms with E-state index in [1.54, 1.807) is 18.2 Å². The molecule has 0 aliphatic carbocycles. The van der Waals surface area contributed by atoms with Crippen molar-refractivity contribution in [1.82, 2.24) is 29.7 Å². The minimum atomic E-state index is -4.54. The maximum absolute atomic E-state index is 12.8. The molecule has 0 bridgehead atoms. The fourth-order valence-corrected chi connectivity index (χ4v) is 2.88. The van der Waals surface area contributed by atoms with Gasteiger partial charge >= 0.3 is 27.2 Å². The van der Waals surface area contributed by atoms with Crippen molar-refractivity contribution in [3.8, 4) is 17.2 Å². The van der Waals surface area contributed by atoms with E-state index in [2.05, 4.69) is 37.3 Å². The monoisotopic (exact) mass is 603 g/mol. The molecule has 0 saturated carbocycles. The molecular weight excluding hydrogens is 588 g/mol. The first-order valence-corrected chi connectivity index (χ1v) is 8.93. The average Bonchev–Trinajstić information content (AvgIpc) is 3.26. The molecule has 4 aromatic heterocycles. The summed E-state index contributed by atoms with van der Waals surface area (Å²) in [5, 5.41) is 3.54. The third-order valence-corrected chi connectivity index (χ3v) is 4.57. The van der Waals surface area contributed by atoms with E-state index in [-0.39, 0.29) is 26.9 Å². The minimum Gasteiger partial charge on any atom is -0.345 e. The van der Waals surface area contributed by atoms with Gasteiger partial charge in [0.25, 0.3) is 0 Å². The molecule has 6 nitrogen and oxygen atoms in total. The summed E-state index contributed by atoms with van der Waals surface area (Å²) >= 11 is 0. The van der Waals surface area contributed by atoms with Crippen molar-refractivity contribution < 1.29 is 34.2 Å². The van der Waals surface area contributed by atoms with Crippen LogP contribution in [0.5, 0.6) is 0 Å². The average molecular weight is 603 g/mol. The number of hydrogen-bond acceptors (Lipinski definition) is 5. The predicted molar refractivity (Wildman–Crippen MR) is 101 cm³/mol. The smallest absolute Gasteiger partial charge is 0.345 e. The van der Waals surface area contributed by atoms with Gasteiger partial charge in [-0.15, -0.1) is 12.1 Å². The van der Waals surface area contributed by atoms with Gasteiger partial charge in [0.05, 0.1) is 11.5 Å². The van der Waals surface area contributed by atoms with Crippen molar-refractivity contribution in [1.29, 1.82) is 0 Å². The van der Waals surface area contributed by atoms with Gasteiger partial charge in [-0.25, -0.2) is 6.07 Å². The van der Waals surface area contributed by atoms with Crippen LogP contribution in [0.4, 0.5) is 13.2 Å². The predicted octanol–water partition coefficient (Wildman–Crippen LogP) is 4.06. The Labute approximate surface area is 190 Å². The van der Waals surface area contributed by atoms with Gasteiger partial charge in [0.15, 0.2) is 0 Å². The van der Waals surface area contributed by atoms with Crippen LogP contribution in [0.1, 0.15) is 30.9 Å². The van der Waals surface area contributed by atoms with Crippen LogP contribution in [-0.4, -0.2) is 29.7 Å². The first-order chi connectivity index (χ1) is 14.2. The standard InChI is InChI=1S/C21H15F3N6.Pt/c1-20(2,16-6-3-5-15(27-16)14-9-11-25-13-26-14)17-7-4-8-19(28-17)30-12-10-18(29-30)21(22,23)24;/h3-8,10-11,13H,1-2H3;/q-2;+2. The van der Waals surface area contributed by atoms with Gasteiger partial charge in [-0.2, -0.15) is 13.2 Å². The van der Waals surface area contributed by atoms with E-state index in [1.165, 1.54) is 12.5 Å². The second-order valence-corrected chi connectivity index (χ2v) is 7.00. The maximum atomic E-state index is 12.8. The Morgan fingerprint density at radius 2 is 1.65 bits per heavy atom. The minimum absolute atomic E-state index is 0. The second-order valence-electron chi connectivity index (χ2n) is 7.00. The Morgan fingerprint density at radius 3 is 2.29 bits per heavy atom. The summed E-state index contributed by atoms with van der Waals surface area (Å²) in [4.78, 5) is 17.2. The third kappa shape index (κ3) is 4.71. The SMILES string of the molecule is CC(C)(c1cccc(-c2[c-]cncn2)n1)c1cccc(-n2[c-]cc(C(F)(F)F)n2)n1.[Pt+2]. The first-order valence-electron chi connectivity index (χ1n) is 8.93. The van der Waals surface area contributed by atoms with Gasteiger partial charge < -0.3 is 9.67 Å². The number of nitrogens with zero attached hydrogens (tertiary/aromatic N) is 6. The number of aromatic nitrogens is 6. The topological polar surface area (TPSA) is 69.4 Å². The molecule has 0 saturated heterocycles. The molecule has 0 spiro atoms. The molecule has 4 heterocycles. The maximum Gasteiger partial charge on any atom is 2.00 e. The van der Waals surface area contributed by atoms with Crippen LogP contribution in [0, 0.1) is 12.3 Å². The normalized spacial score (nSPS) is 11.8. The van der Waals surface area contributed by atoms with Crippen LogP contribution in [0.3, 0.4) is 0 Å². The molecular formula is C21H15F3N6Pt. The van der Waals surface area contributed by atoms with Crippen molar-refractivity contribution in [2.45, 2.75) is 25.4 Å².